The van der Waals surface area contributed by atoms with Crippen LogP contribution in [0.4, 0.5) is 0 Å². The number of benzene rings is 1. The van der Waals surface area contributed by atoms with Gasteiger partial charge in [-0.15, -0.1) is 0 Å². The first kappa shape index (κ1) is 19.6. The Labute approximate surface area is 172 Å². The maximum atomic E-state index is 12.5. The Morgan fingerprint density at radius 3 is 2.19 bits per heavy atom. The lowest BCUT2D eigenvalue weighted by Crippen LogP contribution is -2.52. The van der Waals surface area contributed by atoms with Gasteiger partial charge in [0.1, 0.15) is 5.57 Å². The number of aromatic nitrogens is 1. The molecule has 27 heavy (non-hydrogen) atoms. The van der Waals surface area contributed by atoms with Crippen LogP contribution in [0.15, 0.2) is 29.8 Å². The Bertz CT molecular complexity index is 1000. The van der Waals surface area contributed by atoms with Crippen LogP contribution >= 0.6 is 35.4 Å². The lowest BCUT2D eigenvalue weighted by molar-refractivity contribution is -0.132. The molecule has 8 heteroatoms. The third-order valence-corrected chi connectivity index (χ3v) is 5.67. The van der Waals surface area contributed by atoms with E-state index in [-0.39, 0.29) is 10.7 Å². The standard InChI is InChI=1S/C19H17Cl2N3O2S/c1-10-7-12(8-14-17(25)22(3)19(27)23(4)18(14)26)11(2)24(10)16-9-13(20)5-6-15(16)21/h5-9H,1-4H3. The van der Waals surface area contributed by atoms with E-state index < -0.39 is 11.8 Å². The summed E-state index contributed by atoms with van der Waals surface area (Å²) in [6.45, 7) is 3.82. The molecule has 1 aromatic heterocycles. The number of nitrogens with zero attached hydrogens (tertiary/aromatic N) is 3. The predicted molar refractivity (Wildman–Crippen MR) is 111 cm³/mol. The molecule has 0 bridgehead atoms. The Kier molecular flexibility index (Phi) is 5.16. The number of thiocarbonyl (C=S) groups is 1. The molecule has 0 aliphatic carbocycles. The minimum Gasteiger partial charge on any atom is -0.316 e. The minimum atomic E-state index is -0.423. The van der Waals surface area contributed by atoms with E-state index in [1.807, 2.05) is 24.5 Å². The van der Waals surface area contributed by atoms with Gasteiger partial charge in [0.15, 0.2) is 5.11 Å². The summed E-state index contributed by atoms with van der Waals surface area (Å²) in [7, 11) is 3.10. The molecule has 2 aromatic rings. The SMILES string of the molecule is Cc1cc(C=C2C(=O)N(C)C(=S)N(C)C2=O)c(C)n1-c1cc(Cl)ccc1Cl. The quantitative estimate of drug-likeness (QED) is 0.418. The van der Waals surface area contributed by atoms with Gasteiger partial charge in [0, 0.05) is 30.5 Å². The monoisotopic (exact) mass is 421 g/mol. The van der Waals surface area contributed by atoms with E-state index >= 15 is 0 Å². The highest BCUT2D eigenvalue weighted by atomic mass is 35.5. The lowest BCUT2D eigenvalue weighted by Gasteiger charge is -2.31. The van der Waals surface area contributed by atoms with Crippen molar-refractivity contribution in [1.82, 2.24) is 14.4 Å². The molecule has 0 atom stereocenters. The van der Waals surface area contributed by atoms with Crippen LogP contribution in [-0.2, 0) is 9.59 Å². The molecule has 140 valence electrons. The van der Waals surface area contributed by atoms with Crippen LogP contribution in [0.3, 0.4) is 0 Å². The predicted octanol–water partition coefficient (Wildman–Crippen LogP) is 4.00. The maximum absolute atomic E-state index is 12.5. The van der Waals surface area contributed by atoms with Gasteiger partial charge >= 0.3 is 0 Å². The number of hydrogen-bond donors (Lipinski definition) is 0. The van der Waals surface area contributed by atoms with Crippen molar-refractivity contribution in [1.29, 1.82) is 0 Å². The van der Waals surface area contributed by atoms with E-state index in [0.29, 0.717) is 10.0 Å². The van der Waals surface area contributed by atoms with E-state index in [9.17, 15) is 9.59 Å². The second kappa shape index (κ2) is 7.11. The molecule has 1 aliphatic rings. The summed E-state index contributed by atoms with van der Waals surface area (Å²) in [6.07, 6.45) is 1.59. The van der Waals surface area contributed by atoms with E-state index in [4.69, 9.17) is 35.4 Å². The molecule has 1 aliphatic heterocycles. The molecule has 1 aromatic carbocycles. The van der Waals surface area contributed by atoms with Crippen LogP contribution in [0.1, 0.15) is 17.0 Å². The van der Waals surface area contributed by atoms with Crippen LogP contribution in [0, 0.1) is 13.8 Å². The third-order valence-electron chi connectivity index (χ3n) is 4.56. The molecular weight excluding hydrogens is 405 g/mol. The fourth-order valence-corrected chi connectivity index (χ4v) is 3.63. The molecule has 2 amide bonds. The zero-order valence-corrected chi connectivity index (χ0v) is 17.5. The van der Waals surface area contributed by atoms with Crippen molar-refractivity contribution in [2.24, 2.45) is 0 Å². The summed E-state index contributed by atoms with van der Waals surface area (Å²) in [5.74, 6) is -0.845. The zero-order valence-electron chi connectivity index (χ0n) is 15.2. The van der Waals surface area contributed by atoms with Crippen molar-refractivity contribution in [3.05, 3.63) is 56.8 Å². The largest absolute Gasteiger partial charge is 0.316 e. The summed E-state index contributed by atoms with van der Waals surface area (Å²) < 4.78 is 1.94. The number of carbonyl (C=O) groups is 2. The highest BCUT2D eigenvalue weighted by Gasteiger charge is 2.35. The molecule has 3 rings (SSSR count). The van der Waals surface area contributed by atoms with Crippen LogP contribution in [0.2, 0.25) is 10.0 Å². The number of rotatable bonds is 2. The summed E-state index contributed by atoms with van der Waals surface area (Å²) in [5, 5.41) is 1.30. The zero-order chi connectivity index (χ0) is 20.0. The minimum absolute atomic E-state index is 0.0611. The highest BCUT2D eigenvalue weighted by Crippen LogP contribution is 2.30. The highest BCUT2D eigenvalue weighted by molar-refractivity contribution is 7.80. The van der Waals surface area contributed by atoms with Crippen LogP contribution in [0.5, 0.6) is 0 Å². The van der Waals surface area contributed by atoms with E-state index in [1.165, 1.54) is 9.80 Å². The number of amides is 2. The molecule has 0 spiro atoms. The summed E-state index contributed by atoms with van der Waals surface area (Å²) in [4.78, 5) is 27.7. The number of halogens is 2. The first-order valence-corrected chi connectivity index (χ1v) is 9.26. The van der Waals surface area contributed by atoms with E-state index in [1.54, 1.807) is 38.4 Å². The fraction of sp³-hybridized carbons (Fsp3) is 0.211. The maximum Gasteiger partial charge on any atom is 0.265 e. The number of carbonyl (C=O) groups excluding carboxylic acids is 2. The smallest absolute Gasteiger partial charge is 0.265 e. The second-order valence-electron chi connectivity index (χ2n) is 6.33. The van der Waals surface area contributed by atoms with Crippen molar-refractivity contribution in [3.63, 3.8) is 0 Å². The summed E-state index contributed by atoms with van der Waals surface area (Å²) >= 11 is 17.6. The van der Waals surface area contributed by atoms with Gasteiger partial charge in [-0.05, 0) is 62.0 Å². The number of hydrogen-bond acceptors (Lipinski definition) is 3. The van der Waals surface area contributed by atoms with Gasteiger partial charge in [0.2, 0.25) is 0 Å². The number of likely N-dealkylation sites (N-methyl/N-ethyl adjacent to an activating group) is 2. The van der Waals surface area contributed by atoms with Gasteiger partial charge in [-0.3, -0.25) is 19.4 Å². The van der Waals surface area contributed by atoms with Crippen LogP contribution in [0.25, 0.3) is 11.8 Å². The van der Waals surface area contributed by atoms with Crippen molar-refractivity contribution < 1.29 is 9.59 Å². The Morgan fingerprint density at radius 1 is 1.00 bits per heavy atom. The third kappa shape index (κ3) is 3.29. The molecule has 0 radical (unpaired) electrons. The lowest BCUT2D eigenvalue weighted by atomic mass is 10.1. The second-order valence-corrected chi connectivity index (χ2v) is 7.54. The van der Waals surface area contributed by atoms with Crippen molar-refractivity contribution in [3.8, 4) is 5.69 Å². The average Bonchev–Trinajstić information content (AvgIpc) is 2.91. The van der Waals surface area contributed by atoms with Crippen molar-refractivity contribution in [2.75, 3.05) is 14.1 Å². The van der Waals surface area contributed by atoms with Crippen molar-refractivity contribution in [2.45, 2.75) is 13.8 Å². The van der Waals surface area contributed by atoms with E-state index in [2.05, 4.69) is 0 Å². The number of aryl methyl sites for hydroxylation is 1. The molecule has 2 heterocycles. The normalized spacial score (nSPS) is 15.0. The summed E-state index contributed by atoms with van der Waals surface area (Å²) in [5.41, 5.74) is 3.28. The van der Waals surface area contributed by atoms with Gasteiger partial charge in [-0.1, -0.05) is 23.2 Å². The van der Waals surface area contributed by atoms with E-state index in [0.717, 1.165) is 22.6 Å². The van der Waals surface area contributed by atoms with Gasteiger partial charge in [0.05, 0.1) is 10.7 Å². The molecule has 1 fully saturated rings. The van der Waals surface area contributed by atoms with Gasteiger partial charge in [-0.25, -0.2) is 0 Å². The first-order chi connectivity index (χ1) is 12.6. The first-order valence-electron chi connectivity index (χ1n) is 8.09. The van der Waals surface area contributed by atoms with Crippen molar-refractivity contribution >= 4 is 58.4 Å². The molecule has 5 nitrogen and oxygen atoms in total. The van der Waals surface area contributed by atoms with Crippen LogP contribution < -0.4 is 0 Å². The molecular formula is C19H17Cl2N3O2S. The Hall–Kier alpha value is -2.15. The molecule has 1 saturated heterocycles. The fourth-order valence-electron chi connectivity index (χ4n) is 3.09. The molecule has 0 saturated carbocycles. The average molecular weight is 422 g/mol. The summed E-state index contributed by atoms with van der Waals surface area (Å²) in [6, 6.07) is 7.12. The molecule has 0 N–H and O–H groups in total. The van der Waals surface area contributed by atoms with Crippen LogP contribution in [-0.4, -0.2) is 45.4 Å². The Balaban J connectivity index is 2.13. The Morgan fingerprint density at radius 2 is 1.59 bits per heavy atom. The molecule has 0 unspecified atom stereocenters. The van der Waals surface area contributed by atoms with Gasteiger partial charge in [0.25, 0.3) is 11.8 Å². The van der Waals surface area contributed by atoms with Gasteiger partial charge in [-0.2, -0.15) is 0 Å². The van der Waals surface area contributed by atoms with Gasteiger partial charge < -0.3 is 4.57 Å². The topological polar surface area (TPSA) is 45.6 Å².